The SMILES string of the molecule is COC(=O)C1(C)CCOCO1. The maximum atomic E-state index is 11.1. The highest BCUT2D eigenvalue weighted by molar-refractivity contribution is 5.78. The van der Waals surface area contributed by atoms with Gasteiger partial charge in [-0.05, 0) is 6.92 Å². The van der Waals surface area contributed by atoms with Gasteiger partial charge in [0.05, 0.1) is 13.7 Å². The van der Waals surface area contributed by atoms with E-state index in [-0.39, 0.29) is 12.8 Å². The minimum absolute atomic E-state index is 0.172. The lowest BCUT2D eigenvalue weighted by molar-refractivity contribution is -0.209. The lowest BCUT2D eigenvalue weighted by Gasteiger charge is -2.30. The summed E-state index contributed by atoms with van der Waals surface area (Å²) in [6, 6.07) is 0. The second kappa shape index (κ2) is 3.19. The Bertz CT molecular complexity index is 149. The van der Waals surface area contributed by atoms with E-state index < -0.39 is 5.60 Å². The number of rotatable bonds is 1. The van der Waals surface area contributed by atoms with Crippen LogP contribution in [0.5, 0.6) is 0 Å². The van der Waals surface area contributed by atoms with E-state index in [2.05, 4.69) is 4.74 Å². The van der Waals surface area contributed by atoms with Gasteiger partial charge in [0.15, 0.2) is 5.60 Å². The zero-order chi connectivity index (χ0) is 8.32. The molecule has 0 saturated carbocycles. The van der Waals surface area contributed by atoms with Gasteiger partial charge in [-0.15, -0.1) is 0 Å². The van der Waals surface area contributed by atoms with Crippen LogP contribution in [0, 0.1) is 0 Å². The van der Waals surface area contributed by atoms with Crippen molar-refractivity contribution in [3.63, 3.8) is 0 Å². The fourth-order valence-electron chi connectivity index (χ4n) is 0.947. The van der Waals surface area contributed by atoms with Crippen molar-refractivity contribution >= 4 is 5.97 Å². The summed E-state index contributed by atoms with van der Waals surface area (Å²) in [6.45, 7) is 2.43. The molecule has 4 heteroatoms. The Balaban J connectivity index is 2.56. The molecule has 1 atom stereocenters. The number of esters is 1. The summed E-state index contributed by atoms with van der Waals surface area (Å²) in [6.07, 6.45) is 0.555. The molecule has 1 aliphatic heterocycles. The van der Waals surface area contributed by atoms with Crippen LogP contribution in [0.15, 0.2) is 0 Å². The summed E-state index contributed by atoms with van der Waals surface area (Å²) in [7, 11) is 1.35. The molecule has 0 bridgehead atoms. The molecule has 1 heterocycles. The summed E-state index contributed by atoms with van der Waals surface area (Å²) < 4.78 is 14.6. The van der Waals surface area contributed by atoms with Gasteiger partial charge >= 0.3 is 5.97 Å². The van der Waals surface area contributed by atoms with Crippen LogP contribution in [0.1, 0.15) is 13.3 Å². The predicted molar refractivity (Wildman–Crippen MR) is 36.9 cm³/mol. The normalized spacial score (nSPS) is 31.5. The van der Waals surface area contributed by atoms with E-state index >= 15 is 0 Å². The molecule has 1 rings (SSSR count). The van der Waals surface area contributed by atoms with Crippen molar-refractivity contribution in [2.24, 2.45) is 0 Å². The summed E-state index contributed by atoms with van der Waals surface area (Å²) in [5.41, 5.74) is -0.799. The Morgan fingerprint density at radius 2 is 2.36 bits per heavy atom. The smallest absolute Gasteiger partial charge is 0.338 e. The van der Waals surface area contributed by atoms with E-state index in [0.29, 0.717) is 13.0 Å². The van der Waals surface area contributed by atoms with Crippen molar-refractivity contribution in [1.29, 1.82) is 0 Å². The molecule has 0 aromatic rings. The van der Waals surface area contributed by atoms with Crippen molar-refractivity contribution in [1.82, 2.24) is 0 Å². The van der Waals surface area contributed by atoms with Gasteiger partial charge in [0.1, 0.15) is 6.79 Å². The lowest BCUT2D eigenvalue weighted by atomic mass is 10.0. The molecule has 1 aliphatic rings. The van der Waals surface area contributed by atoms with Gasteiger partial charge in [-0.25, -0.2) is 4.79 Å². The largest absolute Gasteiger partial charge is 0.467 e. The van der Waals surface area contributed by atoms with Crippen LogP contribution >= 0.6 is 0 Å². The Labute approximate surface area is 65.4 Å². The molecule has 1 fully saturated rings. The number of methoxy groups -OCH3 is 1. The van der Waals surface area contributed by atoms with Gasteiger partial charge in [-0.3, -0.25) is 0 Å². The molecule has 0 aromatic carbocycles. The minimum Gasteiger partial charge on any atom is -0.467 e. The Morgan fingerprint density at radius 3 is 2.82 bits per heavy atom. The standard InChI is InChI=1S/C7H12O4/c1-7(6(8)9-2)3-4-10-5-11-7/h3-5H2,1-2H3. The molecule has 1 saturated heterocycles. The monoisotopic (exact) mass is 160 g/mol. The van der Waals surface area contributed by atoms with Crippen LogP contribution in [0.3, 0.4) is 0 Å². The molecule has 1 unspecified atom stereocenters. The van der Waals surface area contributed by atoms with E-state index in [9.17, 15) is 4.79 Å². The van der Waals surface area contributed by atoms with E-state index in [1.807, 2.05) is 0 Å². The number of ether oxygens (including phenoxy) is 3. The molecule has 11 heavy (non-hydrogen) atoms. The molecule has 4 nitrogen and oxygen atoms in total. The predicted octanol–water partition coefficient (Wildman–Crippen LogP) is 0.312. The maximum absolute atomic E-state index is 11.1. The first-order valence-corrected chi connectivity index (χ1v) is 3.49. The summed E-state index contributed by atoms with van der Waals surface area (Å²) in [4.78, 5) is 11.1. The number of carbonyl (C=O) groups is 1. The molecule has 0 spiro atoms. The first kappa shape index (κ1) is 8.49. The average Bonchev–Trinajstić information content (AvgIpc) is 2.04. The Hall–Kier alpha value is -0.610. The summed E-state index contributed by atoms with van der Waals surface area (Å²) in [5, 5.41) is 0. The highest BCUT2D eigenvalue weighted by Gasteiger charge is 2.37. The summed E-state index contributed by atoms with van der Waals surface area (Å²) in [5.74, 6) is -0.333. The van der Waals surface area contributed by atoms with Gasteiger partial charge < -0.3 is 14.2 Å². The molecule has 0 amide bonds. The third-order valence-corrected chi connectivity index (χ3v) is 1.80. The van der Waals surface area contributed by atoms with Gasteiger partial charge in [-0.1, -0.05) is 0 Å². The van der Waals surface area contributed by atoms with E-state index in [1.54, 1.807) is 6.92 Å². The molecule has 0 N–H and O–H groups in total. The van der Waals surface area contributed by atoms with Crippen LogP contribution in [-0.4, -0.2) is 32.1 Å². The van der Waals surface area contributed by atoms with Crippen LogP contribution in [0.2, 0.25) is 0 Å². The van der Waals surface area contributed by atoms with Gasteiger partial charge in [-0.2, -0.15) is 0 Å². The first-order valence-electron chi connectivity index (χ1n) is 3.49. The second-order valence-corrected chi connectivity index (χ2v) is 2.64. The third-order valence-electron chi connectivity index (χ3n) is 1.80. The van der Waals surface area contributed by atoms with Gasteiger partial charge in [0.25, 0.3) is 0 Å². The molecule has 64 valence electrons. The van der Waals surface area contributed by atoms with Crippen LogP contribution < -0.4 is 0 Å². The maximum Gasteiger partial charge on any atom is 0.338 e. The van der Waals surface area contributed by atoms with Crippen LogP contribution in [0.25, 0.3) is 0 Å². The first-order chi connectivity index (χ1) is 5.19. The van der Waals surface area contributed by atoms with E-state index in [1.165, 1.54) is 7.11 Å². The van der Waals surface area contributed by atoms with Crippen LogP contribution in [-0.2, 0) is 19.0 Å². The fourth-order valence-corrected chi connectivity index (χ4v) is 0.947. The van der Waals surface area contributed by atoms with Gasteiger partial charge in [0, 0.05) is 6.42 Å². The average molecular weight is 160 g/mol. The van der Waals surface area contributed by atoms with E-state index in [4.69, 9.17) is 9.47 Å². The zero-order valence-corrected chi connectivity index (χ0v) is 6.75. The Kier molecular flexibility index (Phi) is 2.46. The lowest BCUT2D eigenvalue weighted by Crippen LogP contribution is -2.44. The van der Waals surface area contributed by atoms with Crippen molar-refractivity contribution in [2.75, 3.05) is 20.5 Å². The van der Waals surface area contributed by atoms with Crippen molar-refractivity contribution in [2.45, 2.75) is 18.9 Å². The van der Waals surface area contributed by atoms with Gasteiger partial charge in [0.2, 0.25) is 0 Å². The van der Waals surface area contributed by atoms with Crippen LogP contribution in [0.4, 0.5) is 0 Å². The Morgan fingerprint density at radius 1 is 1.64 bits per heavy atom. The highest BCUT2D eigenvalue weighted by atomic mass is 16.7. The van der Waals surface area contributed by atoms with E-state index in [0.717, 1.165) is 0 Å². The molecule has 0 aliphatic carbocycles. The topological polar surface area (TPSA) is 44.8 Å². The minimum atomic E-state index is -0.799. The second-order valence-electron chi connectivity index (χ2n) is 2.64. The molecular formula is C7H12O4. The third kappa shape index (κ3) is 1.70. The fraction of sp³-hybridized carbons (Fsp3) is 0.857. The molecule has 0 aromatic heterocycles. The highest BCUT2D eigenvalue weighted by Crippen LogP contribution is 2.20. The summed E-state index contributed by atoms with van der Waals surface area (Å²) >= 11 is 0. The number of hydrogen-bond donors (Lipinski definition) is 0. The van der Waals surface area contributed by atoms with Crippen molar-refractivity contribution < 1.29 is 19.0 Å². The molecule has 0 radical (unpaired) electrons. The zero-order valence-electron chi connectivity index (χ0n) is 6.75. The van der Waals surface area contributed by atoms with Crippen molar-refractivity contribution in [3.05, 3.63) is 0 Å². The van der Waals surface area contributed by atoms with Crippen molar-refractivity contribution in [3.8, 4) is 0 Å². The number of hydrogen-bond acceptors (Lipinski definition) is 4. The quantitative estimate of drug-likeness (QED) is 0.518. The molecular weight excluding hydrogens is 148 g/mol. The number of carbonyl (C=O) groups excluding carboxylic acids is 1.